The van der Waals surface area contributed by atoms with Crippen LogP contribution in [-0.4, -0.2) is 42.3 Å². The maximum atomic E-state index is 12.7. The number of piperidine rings is 1. The van der Waals surface area contributed by atoms with Crippen molar-refractivity contribution in [2.24, 2.45) is 5.92 Å². The van der Waals surface area contributed by atoms with Gasteiger partial charge < -0.3 is 20.3 Å². The second kappa shape index (κ2) is 10.6. The number of nitrogens with one attached hydrogen (secondary N) is 2. The number of hydrogen-bond donors (Lipinski definition) is 2. The first-order valence-electron chi connectivity index (χ1n) is 10.6. The molecule has 1 aliphatic heterocycles. The van der Waals surface area contributed by atoms with Gasteiger partial charge in [-0.3, -0.25) is 14.4 Å². The second-order valence-corrected chi connectivity index (χ2v) is 7.79. The van der Waals surface area contributed by atoms with E-state index in [1.54, 1.807) is 4.90 Å². The summed E-state index contributed by atoms with van der Waals surface area (Å²) in [4.78, 5) is 38.1. The van der Waals surface area contributed by atoms with E-state index >= 15 is 0 Å². The molecule has 164 valence electrons. The fourth-order valence-electron chi connectivity index (χ4n) is 3.65. The highest BCUT2D eigenvalue weighted by atomic mass is 16.5. The second-order valence-electron chi connectivity index (χ2n) is 7.79. The Morgan fingerprint density at radius 1 is 1.06 bits per heavy atom. The number of amides is 3. The Balaban J connectivity index is 1.45. The van der Waals surface area contributed by atoms with Crippen LogP contribution in [0.25, 0.3) is 0 Å². The molecule has 1 saturated heterocycles. The topological polar surface area (TPSA) is 87.7 Å². The lowest BCUT2D eigenvalue weighted by molar-refractivity contribution is -0.137. The minimum absolute atomic E-state index is 0.00253. The first-order valence-corrected chi connectivity index (χ1v) is 10.6. The van der Waals surface area contributed by atoms with Crippen LogP contribution >= 0.6 is 0 Å². The quantitative estimate of drug-likeness (QED) is 0.716. The number of para-hydroxylation sites is 1. The predicted molar refractivity (Wildman–Crippen MR) is 119 cm³/mol. The molecular weight excluding hydrogens is 394 g/mol. The van der Waals surface area contributed by atoms with Crippen molar-refractivity contribution in [3.8, 4) is 5.75 Å². The fraction of sp³-hybridized carbons (Fsp3) is 0.375. The largest absolute Gasteiger partial charge is 0.484 e. The molecule has 7 nitrogen and oxygen atoms in total. The van der Waals surface area contributed by atoms with Gasteiger partial charge in [0.25, 0.3) is 5.91 Å². The Hall–Kier alpha value is -3.35. The first-order chi connectivity index (χ1) is 14.9. The van der Waals surface area contributed by atoms with Gasteiger partial charge in [0.1, 0.15) is 5.75 Å². The zero-order valence-electron chi connectivity index (χ0n) is 18.0. The normalized spacial score (nSPS) is 15.1. The van der Waals surface area contributed by atoms with Crippen molar-refractivity contribution >= 4 is 23.4 Å². The van der Waals surface area contributed by atoms with E-state index < -0.39 is 0 Å². The zero-order valence-corrected chi connectivity index (χ0v) is 18.0. The van der Waals surface area contributed by atoms with Crippen LogP contribution in [0.3, 0.4) is 0 Å². The van der Waals surface area contributed by atoms with Crippen LogP contribution in [0, 0.1) is 5.92 Å². The molecule has 0 spiro atoms. The van der Waals surface area contributed by atoms with E-state index in [1.165, 1.54) is 6.92 Å². The summed E-state index contributed by atoms with van der Waals surface area (Å²) in [6.45, 7) is 4.47. The van der Waals surface area contributed by atoms with E-state index in [2.05, 4.69) is 10.6 Å². The number of rotatable bonds is 7. The van der Waals surface area contributed by atoms with E-state index in [1.807, 2.05) is 61.5 Å². The lowest BCUT2D eigenvalue weighted by Gasteiger charge is -2.32. The summed E-state index contributed by atoms with van der Waals surface area (Å²) < 4.78 is 5.53. The van der Waals surface area contributed by atoms with Crippen molar-refractivity contribution in [1.29, 1.82) is 0 Å². The van der Waals surface area contributed by atoms with Crippen molar-refractivity contribution in [2.75, 3.05) is 25.0 Å². The summed E-state index contributed by atoms with van der Waals surface area (Å²) in [6.07, 6.45) is 1.25. The summed E-state index contributed by atoms with van der Waals surface area (Å²) in [5.74, 6) is 0.335. The molecule has 3 rings (SSSR count). The van der Waals surface area contributed by atoms with Crippen molar-refractivity contribution < 1.29 is 19.1 Å². The lowest BCUT2D eigenvalue weighted by atomic mass is 9.95. The molecule has 1 fully saturated rings. The highest BCUT2D eigenvalue weighted by Crippen LogP contribution is 2.21. The number of hydrogen-bond acceptors (Lipinski definition) is 4. The molecule has 31 heavy (non-hydrogen) atoms. The van der Waals surface area contributed by atoms with Crippen LogP contribution in [0.5, 0.6) is 5.75 Å². The molecule has 0 aliphatic carbocycles. The van der Waals surface area contributed by atoms with Crippen LogP contribution in [-0.2, 0) is 14.4 Å². The van der Waals surface area contributed by atoms with Crippen LogP contribution in [0.2, 0.25) is 0 Å². The van der Waals surface area contributed by atoms with Gasteiger partial charge in [-0.05, 0) is 49.6 Å². The van der Waals surface area contributed by atoms with Crippen LogP contribution < -0.4 is 15.4 Å². The molecule has 1 aliphatic rings. The summed E-state index contributed by atoms with van der Waals surface area (Å²) >= 11 is 0. The van der Waals surface area contributed by atoms with Gasteiger partial charge in [-0.1, -0.05) is 30.3 Å². The standard InChI is InChI=1S/C24H29N3O4/c1-17(20-7-6-8-21(15-20)26-18(2)28)25-24(30)19-11-13-27(14-12-19)23(29)16-31-22-9-4-3-5-10-22/h3-10,15,17,19H,11-14,16H2,1-2H3,(H,25,30)(H,26,28). The van der Waals surface area contributed by atoms with Crippen molar-refractivity contribution in [3.05, 3.63) is 60.2 Å². The molecular formula is C24H29N3O4. The van der Waals surface area contributed by atoms with Gasteiger partial charge in [0.15, 0.2) is 6.61 Å². The third-order valence-electron chi connectivity index (χ3n) is 5.39. The lowest BCUT2D eigenvalue weighted by Crippen LogP contribution is -2.44. The van der Waals surface area contributed by atoms with Gasteiger partial charge in [0, 0.05) is 31.6 Å². The van der Waals surface area contributed by atoms with E-state index in [0.717, 1.165) is 5.56 Å². The Bertz CT molecular complexity index is 908. The van der Waals surface area contributed by atoms with E-state index in [-0.39, 0.29) is 36.3 Å². The Kier molecular flexibility index (Phi) is 7.65. The Morgan fingerprint density at radius 2 is 1.77 bits per heavy atom. The number of benzene rings is 2. The summed E-state index contributed by atoms with van der Waals surface area (Å²) in [6, 6.07) is 16.5. The molecule has 7 heteroatoms. The van der Waals surface area contributed by atoms with Gasteiger partial charge >= 0.3 is 0 Å². The fourth-order valence-corrected chi connectivity index (χ4v) is 3.65. The molecule has 2 aromatic carbocycles. The Morgan fingerprint density at radius 3 is 2.45 bits per heavy atom. The highest BCUT2D eigenvalue weighted by Gasteiger charge is 2.28. The number of nitrogens with zero attached hydrogens (tertiary/aromatic N) is 1. The third-order valence-corrected chi connectivity index (χ3v) is 5.39. The van der Waals surface area contributed by atoms with Gasteiger partial charge in [-0.25, -0.2) is 0 Å². The molecule has 0 saturated carbocycles. The smallest absolute Gasteiger partial charge is 0.260 e. The van der Waals surface area contributed by atoms with E-state index in [9.17, 15) is 14.4 Å². The van der Waals surface area contributed by atoms with Crippen LogP contribution in [0.4, 0.5) is 5.69 Å². The highest BCUT2D eigenvalue weighted by molar-refractivity contribution is 5.88. The summed E-state index contributed by atoms with van der Waals surface area (Å²) in [5, 5.41) is 5.81. The average Bonchev–Trinajstić information content (AvgIpc) is 2.78. The monoisotopic (exact) mass is 423 g/mol. The van der Waals surface area contributed by atoms with E-state index in [0.29, 0.717) is 37.4 Å². The molecule has 0 bridgehead atoms. The number of ether oxygens (including phenoxy) is 1. The maximum Gasteiger partial charge on any atom is 0.260 e. The average molecular weight is 424 g/mol. The SMILES string of the molecule is CC(=O)Nc1cccc(C(C)NC(=O)C2CCN(C(=O)COc3ccccc3)CC2)c1. The molecule has 3 amide bonds. The molecule has 0 radical (unpaired) electrons. The predicted octanol–water partition coefficient (Wildman–Crippen LogP) is 3.14. The van der Waals surface area contributed by atoms with Gasteiger partial charge in [0.05, 0.1) is 6.04 Å². The van der Waals surface area contributed by atoms with Gasteiger partial charge in [-0.2, -0.15) is 0 Å². The molecule has 2 aromatic rings. The number of anilines is 1. The van der Waals surface area contributed by atoms with E-state index in [4.69, 9.17) is 4.74 Å². The number of carbonyl (C=O) groups excluding carboxylic acids is 3. The third kappa shape index (κ3) is 6.57. The molecule has 2 N–H and O–H groups in total. The van der Waals surface area contributed by atoms with Gasteiger partial charge in [0.2, 0.25) is 11.8 Å². The van der Waals surface area contributed by atoms with Crippen molar-refractivity contribution in [2.45, 2.75) is 32.7 Å². The number of likely N-dealkylation sites (tertiary alicyclic amines) is 1. The minimum Gasteiger partial charge on any atom is -0.484 e. The maximum absolute atomic E-state index is 12.7. The molecule has 0 aromatic heterocycles. The molecule has 1 heterocycles. The van der Waals surface area contributed by atoms with Crippen LogP contribution in [0.1, 0.15) is 38.3 Å². The summed E-state index contributed by atoms with van der Waals surface area (Å²) in [7, 11) is 0. The summed E-state index contributed by atoms with van der Waals surface area (Å²) in [5.41, 5.74) is 1.63. The van der Waals surface area contributed by atoms with Crippen LogP contribution in [0.15, 0.2) is 54.6 Å². The first kappa shape index (κ1) is 22.3. The zero-order chi connectivity index (χ0) is 22.2. The number of carbonyl (C=O) groups is 3. The molecule has 1 unspecified atom stereocenters. The van der Waals surface area contributed by atoms with Crippen molar-refractivity contribution in [3.63, 3.8) is 0 Å². The molecule has 1 atom stereocenters. The van der Waals surface area contributed by atoms with Gasteiger partial charge in [-0.15, -0.1) is 0 Å². The van der Waals surface area contributed by atoms with Crippen molar-refractivity contribution in [1.82, 2.24) is 10.2 Å². The Labute approximate surface area is 182 Å². The minimum atomic E-state index is -0.180.